The summed E-state index contributed by atoms with van der Waals surface area (Å²) < 4.78 is 0. The number of hydrogen-bond acceptors (Lipinski definition) is 5. The molecule has 0 spiro atoms. The van der Waals surface area contributed by atoms with Gasteiger partial charge in [-0.3, -0.25) is 14.6 Å². The molecule has 2 atom stereocenters. The standard InChI is InChI=1S/C23H24Cl2N4O4/c24-16-10-26-11-17(25)19(16)21(30)28-15-5-1-12(2-6-15)9-18(23(32)33)29-22(31)20-13-3-7-14(27-20)8-4-13/h1-2,5-6,10-11,13-14,18,20,27H,3-4,7-9H2,(H,28,30)(H,29,31)(H,32,33)/t13?,14?,18-,20-/m0/s1. The minimum absolute atomic E-state index is 0.121. The molecule has 2 aliphatic heterocycles. The molecule has 2 saturated heterocycles. The quantitative estimate of drug-likeness (QED) is 0.472. The van der Waals surface area contributed by atoms with E-state index >= 15 is 0 Å². The van der Waals surface area contributed by atoms with Crippen molar-refractivity contribution in [1.82, 2.24) is 15.6 Å². The molecule has 1 aromatic heterocycles. The van der Waals surface area contributed by atoms with Crippen molar-refractivity contribution < 1.29 is 19.5 Å². The minimum Gasteiger partial charge on any atom is -0.480 e. The third-order valence-corrected chi connectivity index (χ3v) is 6.86. The SMILES string of the molecule is O=C(Nc1ccc(C[C@H](NC(=O)[C@H]2NC3CCC2CC3)C(=O)O)cc1)c1c(Cl)cncc1Cl. The number of halogens is 2. The average Bonchev–Trinajstić information content (AvgIpc) is 2.80. The van der Waals surface area contributed by atoms with Crippen molar-refractivity contribution >= 4 is 46.7 Å². The van der Waals surface area contributed by atoms with E-state index in [1.165, 1.54) is 12.4 Å². The van der Waals surface area contributed by atoms with Gasteiger partial charge in [-0.15, -0.1) is 0 Å². The number of hydrogen-bond donors (Lipinski definition) is 4. The van der Waals surface area contributed by atoms with Crippen molar-refractivity contribution in [3.05, 3.63) is 57.8 Å². The van der Waals surface area contributed by atoms with E-state index in [4.69, 9.17) is 23.2 Å². The lowest BCUT2D eigenvalue weighted by molar-refractivity contribution is -0.142. The first-order valence-corrected chi connectivity index (χ1v) is 11.6. The van der Waals surface area contributed by atoms with Gasteiger partial charge in [0.15, 0.2) is 0 Å². The molecular formula is C23H24Cl2N4O4. The first-order chi connectivity index (χ1) is 15.8. The van der Waals surface area contributed by atoms with Crippen LogP contribution in [0.5, 0.6) is 0 Å². The molecule has 2 bridgehead atoms. The highest BCUT2D eigenvalue weighted by Gasteiger charge is 2.39. The maximum Gasteiger partial charge on any atom is 0.326 e. The zero-order chi connectivity index (χ0) is 23.5. The molecule has 3 aliphatic rings. The molecule has 0 radical (unpaired) electrons. The van der Waals surface area contributed by atoms with Gasteiger partial charge in [0, 0.05) is 30.5 Å². The summed E-state index contributed by atoms with van der Waals surface area (Å²) in [5.74, 6) is -1.57. The number of carbonyl (C=O) groups is 3. The summed E-state index contributed by atoms with van der Waals surface area (Å²) in [4.78, 5) is 40.9. The Hall–Kier alpha value is -2.68. The molecule has 174 valence electrons. The third kappa shape index (κ3) is 5.46. The Kier molecular flexibility index (Phi) is 7.17. The fourth-order valence-corrected chi connectivity index (χ4v) is 5.08. The van der Waals surface area contributed by atoms with E-state index in [0.717, 1.165) is 25.7 Å². The summed E-state index contributed by atoms with van der Waals surface area (Å²) in [7, 11) is 0. The highest BCUT2D eigenvalue weighted by atomic mass is 35.5. The number of anilines is 1. The van der Waals surface area contributed by atoms with Crippen LogP contribution in [-0.2, 0) is 16.0 Å². The monoisotopic (exact) mass is 490 g/mol. The van der Waals surface area contributed by atoms with Gasteiger partial charge in [-0.1, -0.05) is 35.3 Å². The number of fused-ring (bicyclic) bond motifs is 3. The molecule has 2 aromatic rings. The van der Waals surface area contributed by atoms with E-state index in [1.807, 2.05) is 0 Å². The van der Waals surface area contributed by atoms with Crippen molar-refractivity contribution in [1.29, 1.82) is 0 Å². The molecule has 3 heterocycles. The van der Waals surface area contributed by atoms with Crippen LogP contribution in [0.25, 0.3) is 0 Å². The molecule has 8 nitrogen and oxygen atoms in total. The zero-order valence-electron chi connectivity index (χ0n) is 17.7. The van der Waals surface area contributed by atoms with Crippen LogP contribution in [0.2, 0.25) is 10.0 Å². The van der Waals surface area contributed by atoms with Crippen molar-refractivity contribution in [2.45, 2.75) is 50.2 Å². The molecule has 33 heavy (non-hydrogen) atoms. The maximum absolute atomic E-state index is 12.7. The van der Waals surface area contributed by atoms with Crippen LogP contribution in [0.3, 0.4) is 0 Å². The number of aromatic nitrogens is 1. The van der Waals surface area contributed by atoms with Gasteiger partial charge in [0.05, 0.1) is 21.7 Å². The van der Waals surface area contributed by atoms with Gasteiger partial charge in [0.1, 0.15) is 6.04 Å². The number of carboxylic acids is 1. The molecule has 3 fully saturated rings. The highest BCUT2D eigenvalue weighted by Crippen LogP contribution is 2.33. The number of carbonyl (C=O) groups excluding carboxylic acids is 2. The van der Waals surface area contributed by atoms with Gasteiger partial charge in [-0.2, -0.15) is 0 Å². The minimum atomic E-state index is -1.09. The Morgan fingerprint density at radius 2 is 1.70 bits per heavy atom. The number of piperidine rings is 2. The summed E-state index contributed by atoms with van der Waals surface area (Å²) >= 11 is 12.0. The number of amides is 2. The van der Waals surface area contributed by atoms with Crippen molar-refractivity contribution in [3.8, 4) is 0 Å². The van der Waals surface area contributed by atoms with E-state index in [2.05, 4.69) is 20.9 Å². The number of pyridine rings is 1. The van der Waals surface area contributed by atoms with Gasteiger partial charge in [-0.25, -0.2) is 4.79 Å². The second-order valence-corrected chi connectivity index (χ2v) is 9.30. The lowest BCUT2D eigenvalue weighted by Crippen LogP contribution is -2.60. The Bertz CT molecular complexity index is 1030. The van der Waals surface area contributed by atoms with Gasteiger partial charge >= 0.3 is 5.97 Å². The molecule has 1 saturated carbocycles. The molecule has 2 amide bonds. The number of nitrogens with zero attached hydrogens (tertiary/aromatic N) is 1. The van der Waals surface area contributed by atoms with Crippen LogP contribution in [0.15, 0.2) is 36.7 Å². The Balaban J connectivity index is 1.38. The Morgan fingerprint density at radius 1 is 1.06 bits per heavy atom. The van der Waals surface area contributed by atoms with Crippen LogP contribution in [0, 0.1) is 5.92 Å². The summed E-state index contributed by atoms with van der Waals surface area (Å²) in [6.45, 7) is 0. The van der Waals surface area contributed by atoms with Crippen LogP contribution in [0.4, 0.5) is 5.69 Å². The lowest BCUT2D eigenvalue weighted by Gasteiger charge is -2.42. The number of carboxylic acid groups (broad SMARTS) is 1. The number of rotatable bonds is 7. The molecule has 0 unspecified atom stereocenters. The van der Waals surface area contributed by atoms with Crippen LogP contribution in [0.1, 0.15) is 41.6 Å². The average molecular weight is 491 g/mol. The fourth-order valence-electron chi connectivity index (χ4n) is 4.54. The topological polar surface area (TPSA) is 120 Å². The van der Waals surface area contributed by atoms with Crippen molar-refractivity contribution in [3.63, 3.8) is 0 Å². The molecule has 1 aromatic carbocycles. The zero-order valence-corrected chi connectivity index (χ0v) is 19.2. The molecule has 10 heteroatoms. The van der Waals surface area contributed by atoms with E-state index < -0.39 is 17.9 Å². The first kappa shape index (κ1) is 23.5. The number of aliphatic carboxylic acids is 1. The Morgan fingerprint density at radius 3 is 2.24 bits per heavy atom. The first-order valence-electron chi connectivity index (χ1n) is 10.8. The second kappa shape index (κ2) is 10.1. The fraction of sp³-hybridized carbons (Fsp3) is 0.391. The Labute approximate surface area is 201 Å². The van der Waals surface area contributed by atoms with Gasteiger partial charge < -0.3 is 21.1 Å². The highest BCUT2D eigenvalue weighted by molar-refractivity contribution is 6.40. The molecule has 1 aliphatic carbocycles. The predicted octanol–water partition coefficient (Wildman–Crippen LogP) is 3.28. The summed E-state index contributed by atoms with van der Waals surface area (Å²) in [6.07, 6.45) is 6.92. The second-order valence-electron chi connectivity index (χ2n) is 8.49. The predicted molar refractivity (Wildman–Crippen MR) is 125 cm³/mol. The number of nitrogens with one attached hydrogen (secondary N) is 3. The van der Waals surface area contributed by atoms with Crippen molar-refractivity contribution in [2.75, 3.05) is 5.32 Å². The smallest absolute Gasteiger partial charge is 0.326 e. The van der Waals surface area contributed by atoms with Gasteiger partial charge in [0.25, 0.3) is 5.91 Å². The molecule has 4 N–H and O–H groups in total. The van der Waals surface area contributed by atoms with Crippen LogP contribution >= 0.6 is 23.2 Å². The normalized spacial score (nSPS) is 22.4. The van der Waals surface area contributed by atoms with Gasteiger partial charge in [-0.05, 0) is 49.3 Å². The summed E-state index contributed by atoms with van der Waals surface area (Å²) in [5, 5.41) is 18.7. The summed E-state index contributed by atoms with van der Waals surface area (Å²) in [5.41, 5.74) is 1.32. The van der Waals surface area contributed by atoms with Gasteiger partial charge in [0.2, 0.25) is 5.91 Å². The third-order valence-electron chi connectivity index (χ3n) is 6.29. The molecule has 5 rings (SSSR count). The van der Waals surface area contributed by atoms with E-state index in [1.54, 1.807) is 24.3 Å². The van der Waals surface area contributed by atoms with E-state index in [-0.39, 0.29) is 39.9 Å². The summed E-state index contributed by atoms with van der Waals surface area (Å²) in [6, 6.07) is 5.67. The van der Waals surface area contributed by atoms with Crippen molar-refractivity contribution in [2.24, 2.45) is 5.92 Å². The largest absolute Gasteiger partial charge is 0.480 e. The van der Waals surface area contributed by atoms with E-state index in [0.29, 0.717) is 17.3 Å². The number of benzene rings is 1. The lowest BCUT2D eigenvalue weighted by atomic mass is 9.76. The molecular weight excluding hydrogens is 467 g/mol. The van der Waals surface area contributed by atoms with Crippen LogP contribution < -0.4 is 16.0 Å². The van der Waals surface area contributed by atoms with Crippen LogP contribution in [-0.4, -0.2) is 46.0 Å². The van der Waals surface area contributed by atoms with E-state index in [9.17, 15) is 19.5 Å². The maximum atomic E-state index is 12.7.